The van der Waals surface area contributed by atoms with Crippen molar-refractivity contribution in [2.75, 3.05) is 11.9 Å². The molecule has 1 saturated carbocycles. The van der Waals surface area contributed by atoms with Crippen LogP contribution in [-0.4, -0.2) is 39.2 Å². The lowest BCUT2D eigenvalue weighted by Crippen LogP contribution is -2.39. The average molecular weight is 472 g/mol. The number of ether oxygens (including phenoxy) is 2. The molecule has 0 spiro atoms. The Hall–Kier alpha value is -3.33. The molecule has 33 heavy (non-hydrogen) atoms. The normalized spacial score (nSPS) is 14.2. The number of nitrogens with one attached hydrogen (secondary N) is 2. The number of rotatable bonds is 6. The van der Waals surface area contributed by atoms with Gasteiger partial charge >= 0.3 is 12.0 Å². The first-order chi connectivity index (χ1) is 16.0. The summed E-state index contributed by atoms with van der Waals surface area (Å²) < 4.78 is 12.6. The summed E-state index contributed by atoms with van der Waals surface area (Å²) in [5, 5.41) is 10.3. The van der Waals surface area contributed by atoms with Crippen LogP contribution in [0.4, 0.5) is 10.5 Å². The Morgan fingerprint density at radius 1 is 1.24 bits per heavy atom. The van der Waals surface area contributed by atoms with Crippen LogP contribution in [0.3, 0.4) is 0 Å². The number of hydrogen-bond acceptors (Lipinski definition) is 6. The minimum Gasteiger partial charge on any atom is -0.462 e. The van der Waals surface area contributed by atoms with Gasteiger partial charge in [-0.3, -0.25) is 0 Å². The molecule has 3 aromatic rings. The van der Waals surface area contributed by atoms with Crippen molar-refractivity contribution >= 4 is 34.8 Å². The van der Waals surface area contributed by atoms with Gasteiger partial charge < -0.3 is 20.1 Å². The highest BCUT2D eigenvalue weighted by Gasteiger charge is 2.20. The average Bonchev–Trinajstić information content (AvgIpc) is 3.14. The molecule has 174 valence electrons. The third-order valence-electron chi connectivity index (χ3n) is 5.63. The Morgan fingerprint density at radius 2 is 2.03 bits per heavy atom. The fourth-order valence-corrected chi connectivity index (χ4v) is 4.20. The topological polar surface area (TPSA) is 107 Å². The van der Waals surface area contributed by atoms with E-state index in [9.17, 15) is 9.59 Å². The highest BCUT2D eigenvalue weighted by Crippen LogP contribution is 2.32. The number of fused-ring (bicyclic) bond motifs is 1. The van der Waals surface area contributed by atoms with Crippen molar-refractivity contribution in [3.63, 3.8) is 0 Å². The number of carbonyl (C=O) groups is 2. The zero-order valence-corrected chi connectivity index (χ0v) is 19.3. The van der Waals surface area contributed by atoms with Crippen LogP contribution in [0.15, 0.2) is 30.7 Å². The third kappa shape index (κ3) is 5.19. The fourth-order valence-electron chi connectivity index (χ4n) is 3.98. The van der Waals surface area contributed by atoms with E-state index in [-0.39, 0.29) is 24.6 Å². The molecule has 0 unspecified atom stereocenters. The molecule has 0 bridgehead atoms. The van der Waals surface area contributed by atoms with Crippen molar-refractivity contribution in [3.05, 3.63) is 46.9 Å². The van der Waals surface area contributed by atoms with E-state index >= 15 is 0 Å². The molecule has 1 aliphatic carbocycles. The summed E-state index contributed by atoms with van der Waals surface area (Å²) in [5.41, 5.74) is 2.07. The quantitative estimate of drug-likeness (QED) is 0.483. The van der Waals surface area contributed by atoms with Crippen LogP contribution in [-0.2, 0) is 4.74 Å². The second-order valence-electron chi connectivity index (χ2n) is 7.92. The summed E-state index contributed by atoms with van der Waals surface area (Å²) in [6.07, 6.45) is 8.41. The van der Waals surface area contributed by atoms with E-state index in [0.29, 0.717) is 33.1 Å². The monoisotopic (exact) mass is 471 g/mol. The Morgan fingerprint density at radius 3 is 2.76 bits per heavy atom. The van der Waals surface area contributed by atoms with Crippen LogP contribution in [0.25, 0.3) is 5.52 Å². The first-order valence-electron chi connectivity index (χ1n) is 11.0. The van der Waals surface area contributed by atoms with E-state index in [1.807, 2.05) is 0 Å². The molecule has 0 aliphatic heterocycles. The van der Waals surface area contributed by atoms with Crippen LogP contribution < -0.4 is 15.4 Å². The van der Waals surface area contributed by atoms with Crippen LogP contribution in [0, 0.1) is 6.92 Å². The predicted octanol–water partition coefficient (Wildman–Crippen LogP) is 5.11. The van der Waals surface area contributed by atoms with Gasteiger partial charge in [0.2, 0.25) is 5.88 Å². The zero-order valence-electron chi connectivity index (χ0n) is 18.6. The molecule has 1 aliphatic rings. The van der Waals surface area contributed by atoms with Crippen molar-refractivity contribution in [1.29, 1.82) is 0 Å². The van der Waals surface area contributed by atoms with Crippen molar-refractivity contribution in [2.45, 2.75) is 52.0 Å². The number of aromatic nitrogens is 3. The maximum Gasteiger partial charge on any atom is 0.340 e. The van der Waals surface area contributed by atoms with Crippen molar-refractivity contribution in [2.24, 2.45) is 0 Å². The SMILES string of the molecule is CCOC(=O)c1cn2ncnc(Oc3ccc(NC(=O)NC4CCCCC4)c(Cl)c3)c2c1C. The standard InChI is InChI=1S/C23H26ClN5O4/c1-3-32-22(30)17-12-29-20(14(17)2)21(25-13-26-29)33-16-9-10-19(18(24)11-16)28-23(31)27-15-7-5-4-6-8-15/h9-13,15H,3-8H2,1-2H3,(H2,27,28,31). The van der Waals surface area contributed by atoms with Gasteiger partial charge in [-0.25, -0.2) is 14.1 Å². The van der Waals surface area contributed by atoms with E-state index in [1.54, 1.807) is 38.2 Å². The Kier molecular flexibility index (Phi) is 6.98. The number of benzene rings is 1. The van der Waals surface area contributed by atoms with Gasteiger partial charge in [0.25, 0.3) is 0 Å². The summed E-state index contributed by atoms with van der Waals surface area (Å²) in [4.78, 5) is 28.8. The van der Waals surface area contributed by atoms with Gasteiger partial charge in [-0.05, 0) is 44.4 Å². The molecular weight excluding hydrogens is 446 g/mol. The number of aryl methyl sites for hydroxylation is 1. The molecule has 2 amide bonds. The van der Waals surface area contributed by atoms with Crippen LogP contribution >= 0.6 is 11.6 Å². The molecule has 2 heterocycles. The Balaban J connectivity index is 1.50. The smallest absolute Gasteiger partial charge is 0.340 e. The second kappa shape index (κ2) is 10.1. The van der Waals surface area contributed by atoms with E-state index in [1.165, 1.54) is 17.3 Å². The Bertz CT molecular complexity index is 1170. The summed E-state index contributed by atoms with van der Waals surface area (Å²) in [7, 11) is 0. The minimum atomic E-state index is -0.434. The van der Waals surface area contributed by atoms with E-state index in [2.05, 4.69) is 20.7 Å². The molecule has 2 N–H and O–H groups in total. The van der Waals surface area contributed by atoms with E-state index in [0.717, 1.165) is 25.7 Å². The van der Waals surface area contributed by atoms with Gasteiger partial charge in [0.05, 0.1) is 22.9 Å². The van der Waals surface area contributed by atoms with Gasteiger partial charge in [-0.1, -0.05) is 30.9 Å². The van der Waals surface area contributed by atoms with Crippen LogP contribution in [0.5, 0.6) is 11.6 Å². The van der Waals surface area contributed by atoms with Gasteiger partial charge in [0.1, 0.15) is 17.6 Å². The number of carbonyl (C=O) groups excluding carboxylic acids is 2. The molecule has 9 nitrogen and oxygen atoms in total. The number of urea groups is 1. The van der Waals surface area contributed by atoms with Crippen LogP contribution in [0.1, 0.15) is 54.9 Å². The van der Waals surface area contributed by atoms with Gasteiger partial charge in [-0.15, -0.1) is 0 Å². The number of esters is 1. The van der Waals surface area contributed by atoms with Gasteiger partial charge in [0, 0.05) is 18.3 Å². The van der Waals surface area contributed by atoms with Gasteiger partial charge in [-0.2, -0.15) is 10.1 Å². The highest BCUT2D eigenvalue weighted by atomic mass is 35.5. The lowest BCUT2D eigenvalue weighted by atomic mass is 9.96. The van der Waals surface area contributed by atoms with E-state index < -0.39 is 5.97 Å². The summed E-state index contributed by atoms with van der Waals surface area (Å²) >= 11 is 6.39. The van der Waals surface area contributed by atoms with Crippen molar-refractivity contribution in [1.82, 2.24) is 19.9 Å². The molecular formula is C23H26ClN5O4. The number of halogens is 1. The minimum absolute atomic E-state index is 0.199. The highest BCUT2D eigenvalue weighted by molar-refractivity contribution is 6.33. The van der Waals surface area contributed by atoms with Crippen molar-refractivity contribution < 1.29 is 19.1 Å². The van der Waals surface area contributed by atoms with Crippen molar-refractivity contribution in [3.8, 4) is 11.6 Å². The van der Waals surface area contributed by atoms with Gasteiger partial charge in [0.15, 0.2) is 0 Å². The summed E-state index contributed by atoms with van der Waals surface area (Å²) in [6.45, 7) is 3.80. The molecule has 1 fully saturated rings. The molecule has 0 radical (unpaired) electrons. The lowest BCUT2D eigenvalue weighted by molar-refractivity contribution is 0.0525. The first kappa shape index (κ1) is 22.8. The predicted molar refractivity (Wildman–Crippen MR) is 124 cm³/mol. The van der Waals surface area contributed by atoms with E-state index in [4.69, 9.17) is 21.1 Å². The first-order valence-corrected chi connectivity index (χ1v) is 11.4. The molecule has 2 aromatic heterocycles. The lowest BCUT2D eigenvalue weighted by Gasteiger charge is -2.23. The molecule has 4 rings (SSSR count). The second-order valence-corrected chi connectivity index (χ2v) is 8.33. The number of amides is 2. The molecule has 10 heteroatoms. The maximum absolute atomic E-state index is 12.3. The zero-order chi connectivity index (χ0) is 23.4. The Labute approximate surface area is 196 Å². The fraction of sp³-hybridized carbons (Fsp3) is 0.391. The number of nitrogens with zero attached hydrogens (tertiary/aromatic N) is 3. The molecule has 0 atom stereocenters. The molecule has 1 aromatic carbocycles. The number of anilines is 1. The van der Waals surface area contributed by atoms with Crippen LogP contribution in [0.2, 0.25) is 5.02 Å². The number of hydrogen-bond donors (Lipinski definition) is 2. The molecule has 0 saturated heterocycles. The largest absolute Gasteiger partial charge is 0.462 e. The summed E-state index contributed by atoms with van der Waals surface area (Å²) in [5.74, 6) is 0.262. The summed E-state index contributed by atoms with van der Waals surface area (Å²) in [6, 6.07) is 4.88. The maximum atomic E-state index is 12.3. The third-order valence-corrected chi connectivity index (χ3v) is 5.95.